The van der Waals surface area contributed by atoms with Crippen LogP contribution in [0.25, 0.3) is 0 Å². The standard InChI is InChI=1S/C15H18F2N2O4/c1-19(14(20)10-3-2-4-18-10)7-9-5-12-13(22-8-21-12)6-11(9)23-15(16)17/h5-6,10,15,18H,2-4,7-8H2,1H3. The lowest BCUT2D eigenvalue weighted by molar-refractivity contribution is -0.132. The Morgan fingerprint density at radius 3 is 2.83 bits per heavy atom. The van der Waals surface area contributed by atoms with Gasteiger partial charge in [-0.2, -0.15) is 8.78 Å². The smallest absolute Gasteiger partial charge is 0.387 e. The molecule has 0 aromatic heterocycles. The topological polar surface area (TPSA) is 60.0 Å². The number of rotatable bonds is 5. The van der Waals surface area contributed by atoms with Crippen LogP contribution < -0.4 is 19.5 Å². The quantitative estimate of drug-likeness (QED) is 0.892. The number of carbonyl (C=O) groups excluding carboxylic acids is 1. The van der Waals surface area contributed by atoms with Gasteiger partial charge in [0, 0.05) is 25.2 Å². The zero-order valence-corrected chi connectivity index (χ0v) is 12.7. The minimum atomic E-state index is -2.95. The van der Waals surface area contributed by atoms with Gasteiger partial charge in [-0.25, -0.2) is 0 Å². The van der Waals surface area contributed by atoms with Crippen LogP contribution in [-0.4, -0.2) is 43.8 Å². The third kappa shape index (κ3) is 3.47. The molecule has 1 saturated heterocycles. The van der Waals surface area contributed by atoms with Crippen LogP contribution in [0.2, 0.25) is 0 Å². The maximum atomic E-state index is 12.6. The van der Waals surface area contributed by atoms with Crippen LogP contribution in [0, 0.1) is 0 Å². The summed E-state index contributed by atoms with van der Waals surface area (Å²) in [5.74, 6) is 0.740. The second-order valence-corrected chi connectivity index (χ2v) is 5.53. The molecule has 0 bridgehead atoms. The van der Waals surface area contributed by atoms with Gasteiger partial charge in [0.25, 0.3) is 0 Å². The van der Waals surface area contributed by atoms with E-state index in [-0.39, 0.29) is 31.0 Å². The van der Waals surface area contributed by atoms with Crippen molar-refractivity contribution in [2.24, 2.45) is 0 Å². The number of fused-ring (bicyclic) bond motifs is 1. The molecule has 2 aliphatic rings. The van der Waals surface area contributed by atoms with E-state index in [4.69, 9.17) is 9.47 Å². The van der Waals surface area contributed by atoms with Crippen LogP contribution >= 0.6 is 0 Å². The highest BCUT2D eigenvalue weighted by molar-refractivity contribution is 5.82. The van der Waals surface area contributed by atoms with E-state index in [1.165, 1.54) is 11.0 Å². The fourth-order valence-corrected chi connectivity index (χ4v) is 2.79. The van der Waals surface area contributed by atoms with E-state index in [0.717, 1.165) is 19.4 Å². The molecule has 1 aromatic carbocycles. The summed E-state index contributed by atoms with van der Waals surface area (Å²) in [6, 6.07) is 2.73. The lowest BCUT2D eigenvalue weighted by atomic mass is 10.1. The molecule has 1 fully saturated rings. The molecular formula is C15H18F2N2O4. The number of ether oxygens (including phenoxy) is 3. The summed E-state index contributed by atoms with van der Waals surface area (Å²) in [6.07, 6.45) is 1.73. The molecule has 126 valence electrons. The van der Waals surface area contributed by atoms with Crippen LogP contribution in [0.4, 0.5) is 8.78 Å². The molecular weight excluding hydrogens is 310 g/mol. The second kappa shape index (κ2) is 6.57. The normalized spacial score (nSPS) is 19.2. The van der Waals surface area contributed by atoms with Crippen molar-refractivity contribution in [2.75, 3.05) is 20.4 Å². The summed E-state index contributed by atoms with van der Waals surface area (Å²) in [6.45, 7) is -1.95. The predicted molar refractivity (Wildman–Crippen MR) is 76.7 cm³/mol. The Bertz CT molecular complexity index is 591. The Balaban J connectivity index is 1.78. The fourth-order valence-electron chi connectivity index (χ4n) is 2.79. The van der Waals surface area contributed by atoms with Crippen molar-refractivity contribution in [3.05, 3.63) is 17.7 Å². The van der Waals surface area contributed by atoms with Crippen molar-refractivity contribution in [3.8, 4) is 17.2 Å². The molecule has 0 radical (unpaired) electrons. The van der Waals surface area contributed by atoms with E-state index in [1.807, 2.05) is 0 Å². The van der Waals surface area contributed by atoms with Crippen LogP contribution in [0.3, 0.4) is 0 Å². The molecule has 0 spiro atoms. The van der Waals surface area contributed by atoms with E-state index < -0.39 is 6.61 Å². The SMILES string of the molecule is CN(Cc1cc2c(cc1OC(F)F)OCO2)C(=O)C1CCCN1. The molecule has 23 heavy (non-hydrogen) atoms. The molecule has 1 unspecified atom stereocenters. The third-order valence-electron chi connectivity index (χ3n) is 3.91. The van der Waals surface area contributed by atoms with Crippen LogP contribution in [0.5, 0.6) is 17.2 Å². The molecule has 3 rings (SSSR count). The van der Waals surface area contributed by atoms with Crippen LogP contribution in [0.1, 0.15) is 18.4 Å². The summed E-state index contributed by atoms with van der Waals surface area (Å²) in [5, 5.41) is 3.12. The van der Waals surface area contributed by atoms with Gasteiger partial charge >= 0.3 is 6.61 Å². The van der Waals surface area contributed by atoms with Gasteiger partial charge in [-0.05, 0) is 25.5 Å². The first kappa shape index (κ1) is 15.8. The Morgan fingerprint density at radius 1 is 1.43 bits per heavy atom. The number of alkyl halides is 2. The number of nitrogens with zero attached hydrogens (tertiary/aromatic N) is 1. The molecule has 0 saturated carbocycles. The molecule has 1 atom stereocenters. The van der Waals surface area contributed by atoms with Gasteiger partial charge in [-0.15, -0.1) is 0 Å². The number of carbonyl (C=O) groups is 1. The van der Waals surface area contributed by atoms with Gasteiger partial charge in [0.2, 0.25) is 12.7 Å². The number of nitrogens with one attached hydrogen (secondary N) is 1. The minimum absolute atomic E-state index is 0.0109. The van der Waals surface area contributed by atoms with E-state index in [0.29, 0.717) is 17.1 Å². The average Bonchev–Trinajstić information content (AvgIpc) is 3.16. The van der Waals surface area contributed by atoms with Crippen molar-refractivity contribution in [3.63, 3.8) is 0 Å². The zero-order valence-electron chi connectivity index (χ0n) is 12.7. The number of amides is 1. The van der Waals surface area contributed by atoms with Gasteiger partial charge in [-0.1, -0.05) is 0 Å². The number of hydrogen-bond acceptors (Lipinski definition) is 5. The Kier molecular flexibility index (Phi) is 4.51. The highest BCUT2D eigenvalue weighted by Gasteiger charge is 2.27. The molecule has 6 nitrogen and oxygen atoms in total. The summed E-state index contributed by atoms with van der Waals surface area (Å²) in [5.41, 5.74) is 0.448. The summed E-state index contributed by atoms with van der Waals surface area (Å²) >= 11 is 0. The largest absolute Gasteiger partial charge is 0.454 e. The van der Waals surface area contributed by atoms with Crippen molar-refractivity contribution in [2.45, 2.75) is 32.0 Å². The van der Waals surface area contributed by atoms with Crippen molar-refractivity contribution in [1.29, 1.82) is 0 Å². The number of halogens is 2. The molecule has 1 N–H and O–H groups in total. The second-order valence-electron chi connectivity index (χ2n) is 5.53. The van der Waals surface area contributed by atoms with Crippen LogP contribution in [0.15, 0.2) is 12.1 Å². The van der Waals surface area contributed by atoms with Gasteiger partial charge in [0.15, 0.2) is 11.5 Å². The van der Waals surface area contributed by atoms with Crippen molar-refractivity contribution >= 4 is 5.91 Å². The monoisotopic (exact) mass is 328 g/mol. The minimum Gasteiger partial charge on any atom is -0.454 e. The van der Waals surface area contributed by atoms with Crippen LogP contribution in [-0.2, 0) is 11.3 Å². The highest BCUT2D eigenvalue weighted by atomic mass is 19.3. The molecule has 8 heteroatoms. The van der Waals surface area contributed by atoms with E-state index in [2.05, 4.69) is 10.1 Å². The van der Waals surface area contributed by atoms with Crippen molar-refractivity contribution < 1.29 is 27.8 Å². The Labute approximate surface area is 132 Å². The first-order valence-electron chi connectivity index (χ1n) is 7.40. The van der Waals surface area contributed by atoms with E-state index >= 15 is 0 Å². The summed E-state index contributed by atoms with van der Waals surface area (Å²) in [7, 11) is 1.64. The summed E-state index contributed by atoms with van der Waals surface area (Å²) in [4.78, 5) is 13.8. The first-order valence-corrected chi connectivity index (χ1v) is 7.40. The average molecular weight is 328 g/mol. The van der Waals surface area contributed by atoms with Gasteiger partial charge in [0.05, 0.1) is 6.04 Å². The van der Waals surface area contributed by atoms with Gasteiger partial charge in [0.1, 0.15) is 5.75 Å². The number of hydrogen-bond donors (Lipinski definition) is 1. The van der Waals surface area contributed by atoms with E-state index in [9.17, 15) is 13.6 Å². The maximum Gasteiger partial charge on any atom is 0.387 e. The van der Waals surface area contributed by atoms with Gasteiger partial charge in [-0.3, -0.25) is 4.79 Å². The lowest BCUT2D eigenvalue weighted by Crippen LogP contribution is -2.41. The molecule has 2 heterocycles. The molecule has 0 aliphatic carbocycles. The van der Waals surface area contributed by atoms with Crippen molar-refractivity contribution in [1.82, 2.24) is 10.2 Å². The molecule has 2 aliphatic heterocycles. The molecule has 1 amide bonds. The number of benzene rings is 1. The number of likely N-dealkylation sites (N-methyl/N-ethyl adjacent to an activating group) is 1. The Hall–Kier alpha value is -2.09. The lowest BCUT2D eigenvalue weighted by Gasteiger charge is -2.22. The first-order chi connectivity index (χ1) is 11.0. The predicted octanol–water partition coefficient (Wildman–Crippen LogP) is 1.73. The third-order valence-corrected chi connectivity index (χ3v) is 3.91. The Morgan fingerprint density at radius 2 is 2.17 bits per heavy atom. The summed E-state index contributed by atoms with van der Waals surface area (Å²) < 4.78 is 40.2. The molecule has 1 aromatic rings. The highest BCUT2D eigenvalue weighted by Crippen LogP contribution is 2.39. The van der Waals surface area contributed by atoms with E-state index in [1.54, 1.807) is 13.1 Å². The zero-order chi connectivity index (χ0) is 16.4. The van der Waals surface area contributed by atoms with Gasteiger partial charge < -0.3 is 24.4 Å². The maximum absolute atomic E-state index is 12.6. The fraction of sp³-hybridized carbons (Fsp3) is 0.533.